The van der Waals surface area contributed by atoms with Crippen LogP contribution in [0.3, 0.4) is 0 Å². The van der Waals surface area contributed by atoms with Crippen LogP contribution < -0.4 is 4.90 Å². The molecule has 23 heavy (non-hydrogen) atoms. The molecular formula is C18H21N3O2. The average Bonchev–Trinajstić information content (AvgIpc) is 2.55. The lowest BCUT2D eigenvalue weighted by Gasteiger charge is -2.22. The van der Waals surface area contributed by atoms with Gasteiger partial charge in [0, 0.05) is 19.3 Å². The minimum Gasteiger partial charge on any atom is -0.389 e. The minimum atomic E-state index is -0.628. The zero-order chi connectivity index (χ0) is 16.7. The van der Waals surface area contributed by atoms with E-state index in [2.05, 4.69) is 11.1 Å². The molecule has 0 aliphatic carbocycles. The molecular weight excluding hydrogens is 290 g/mol. The Morgan fingerprint density at radius 3 is 2.74 bits per heavy atom. The Bertz CT molecular complexity index is 668. The maximum absolute atomic E-state index is 10.1. The topological polar surface area (TPSA) is 69.4 Å². The minimum absolute atomic E-state index is 0.246. The zero-order valence-corrected chi connectivity index (χ0v) is 13.4. The van der Waals surface area contributed by atoms with Crippen molar-refractivity contribution in [1.82, 2.24) is 4.98 Å². The van der Waals surface area contributed by atoms with Crippen LogP contribution in [0.2, 0.25) is 0 Å². The first-order valence-electron chi connectivity index (χ1n) is 7.48. The summed E-state index contributed by atoms with van der Waals surface area (Å²) in [5.41, 5.74) is 2.42. The van der Waals surface area contributed by atoms with E-state index in [1.165, 1.54) is 0 Å². The lowest BCUT2D eigenvalue weighted by molar-refractivity contribution is 0.0324. The van der Waals surface area contributed by atoms with Gasteiger partial charge in [0.1, 0.15) is 5.82 Å². The third kappa shape index (κ3) is 5.37. The van der Waals surface area contributed by atoms with E-state index in [1.54, 1.807) is 12.1 Å². The zero-order valence-electron chi connectivity index (χ0n) is 13.4. The highest BCUT2D eigenvalue weighted by atomic mass is 16.5. The molecule has 120 valence electrons. The fourth-order valence-corrected chi connectivity index (χ4v) is 2.26. The van der Waals surface area contributed by atoms with E-state index in [9.17, 15) is 5.11 Å². The van der Waals surface area contributed by atoms with Crippen molar-refractivity contribution in [1.29, 1.82) is 5.26 Å². The van der Waals surface area contributed by atoms with E-state index in [0.29, 0.717) is 24.5 Å². The number of hydrogen-bond donors (Lipinski definition) is 1. The maximum Gasteiger partial charge on any atom is 0.129 e. The van der Waals surface area contributed by atoms with E-state index in [1.807, 2.05) is 49.2 Å². The van der Waals surface area contributed by atoms with Crippen molar-refractivity contribution in [2.45, 2.75) is 19.6 Å². The number of hydrogen-bond acceptors (Lipinski definition) is 5. The van der Waals surface area contributed by atoms with Crippen LogP contribution in [0.15, 0.2) is 42.5 Å². The first kappa shape index (κ1) is 16.9. The summed E-state index contributed by atoms with van der Waals surface area (Å²) < 4.78 is 5.54. The smallest absolute Gasteiger partial charge is 0.129 e. The Balaban J connectivity index is 1.84. The van der Waals surface area contributed by atoms with Gasteiger partial charge in [-0.25, -0.2) is 4.98 Å². The summed E-state index contributed by atoms with van der Waals surface area (Å²) in [6.45, 7) is 2.95. The van der Waals surface area contributed by atoms with Crippen molar-refractivity contribution in [3.63, 3.8) is 0 Å². The number of likely N-dealkylation sites (N-methyl/N-ethyl adjacent to an activating group) is 1. The standard InChI is InChI=1S/C18H21N3O2/c1-14-8-16(10-19)9-18(20-14)21(2)11-17(22)13-23-12-15-6-4-3-5-7-15/h3-9,17,22H,11-13H2,1-2H3. The number of anilines is 1. The first-order chi connectivity index (χ1) is 11.1. The van der Waals surface area contributed by atoms with Crippen LogP contribution in [-0.4, -0.2) is 36.4 Å². The van der Waals surface area contributed by atoms with Gasteiger partial charge in [-0.05, 0) is 24.6 Å². The molecule has 0 saturated heterocycles. The number of pyridine rings is 1. The van der Waals surface area contributed by atoms with Crippen molar-refractivity contribution in [2.24, 2.45) is 0 Å². The molecule has 1 aromatic carbocycles. The molecule has 2 rings (SSSR count). The fraction of sp³-hybridized carbons (Fsp3) is 0.333. The second kappa shape index (κ2) is 8.28. The van der Waals surface area contributed by atoms with Crippen molar-refractivity contribution in [3.05, 3.63) is 59.3 Å². The van der Waals surface area contributed by atoms with Crippen LogP contribution in [0.1, 0.15) is 16.8 Å². The quantitative estimate of drug-likeness (QED) is 0.849. The molecule has 1 unspecified atom stereocenters. The fourth-order valence-electron chi connectivity index (χ4n) is 2.26. The van der Waals surface area contributed by atoms with Gasteiger partial charge in [-0.15, -0.1) is 0 Å². The predicted molar refractivity (Wildman–Crippen MR) is 89.1 cm³/mol. The second-order valence-corrected chi connectivity index (χ2v) is 5.50. The lowest BCUT2D eigenvalue weighted by Crippen LogP contribution is -2.32. The number of aliphatic hydroxyl groups is 1. The molecule has 0 aliphatic heterocycles. The van der Waals surface area contributed by atoms with E-state index >= 15 is 0 Å². The summed E-state index contributed by atoms with van der Waals surface area (Å²) in [6.07, 6.45) is -0.628. The highest BCUT2D eigenvalue weighted by Crippen LogP contribution is 2.13. The summed E-state index contributed by atoms with van der Waals surface area (Å²) in [5, 5.41) is 19.1. The molecule has 0 fully saturated rings. The van der Waals surface area contributed by atoms with Crippen molar-refractivity contribution >= 4 is 5.82 Å². The van der Waals surface area contributed by atoms with Crippen LogP contribution in [0.4, 0.5) is 5.82 Å². The number of aryl methyl sites for hydroxylation is 1. The van der Waals surface area contributed by atoms with Gasteiger partial charge in [0.25, 0.3) is 0 Å². The Morgan fingerprint density at radius 1 is 1.30 bits per heavy atom. The molecule has 1 aromatic heterocycles. The third-order valence-corrected chi connectivity index (χ3v) is 3.37. The molecule has 0 aliphatic rings. The van der Waals surface area contributed by atoms with E-state index in [-0.39, 0.29) is 6.61 Å². The number of nitriles is 1. The molecule has 0 saturated carbocycles. The van der Waals surface area contributed by atoms with Gasteiger partial charge in [-0.2, -0.15) is 5.26 Å². The van der Waals surface area contributed by atoms with Crippen LogP contribution in [0, 0.1) is 18.3 Å². The number of rotatable bonds is 7. The number of aliphatic hydroxyl groups excluding tert-OH is 1. The molecule has 0 radical (unpaired) electrons. The van der Waals surface area contributed by atoms with Gasteiger partial charge >= 0.3 is 0 Å². The van der Waals surface area contributed by atoms with Crippen LogP contribution in [-0.2, 0) is 11.3 Å². The number of aromatic nitrogens is 1. The Kier molecular flexibility index (Phi) is 6.10. The molecule has 2 aromatic rings. The van der Waals surface area contributed by atoms with Crippen molar-refractivity contribution < 1.29 is 9.84 Å². The van der Waals surface area contributed by atoms with Crippen LogP contribution in [0.5, 0.6) is 0 Å². The highest BCUT2D eigenvalue weighted by Gasteiger charge is 2.11. The van der Waals surface area contributed by atoms with Gasteiger partial charge in [0.15, 0.2) is 0 Å². The van der Waals surface area contributed by atoms with Gasteiger partial charge in [0.2, 0.25) is 0 Å². The molecule has 1 heterocycles. The van der Waals surface area contributed by atoms with Gasteiger partial charge in [-0.1, -0.05) is 30.3 Å². The van der Waals surface area contributed by atoms with Gasteiger partial charge < -0.3 is 14.7 Å². The molecule has 1 atom stereocenters. The molecule has 1 N–H and O–H groups in total. The van der Waals surface area contributed by atoms with Crippen LogP contribution >= 0.6 is 0 Å². The van der Waals surface area contributed by atoms with Crippen molar-refractivity contribution in [3.8, 4) is 6.07 Å². The van der Waals surface area contributed by atoms with Gasteiger partial charge in [0.05, 0.1) is 31.0 Å². The Labute approximate surface area is 136 Å². The summed E-state index contributed by atoms with van der Waals surface area (Å²) in [7, 11) is 1.84. The summed E-state index contributed by atoms with van der Waals surface area (Å²) >= 11 is 0. The van der Waals surface area contributed by atoms with Crippen molar-refractivity contribution in [2.75, 3.05) is 25.1 Å². The first-order valence-corrected chi connectivity index (χ1v) is 7.48. The van der Waals surface area contributed by atoms with E-state index in [0.717, 1.165) is 11.3 Å². The average molecular weight is 311 g/mol. The number of ether oxygens (including phenoxy) is 1. The van der Waals surface area contributed by atoms with E-state index < -0.39 is 6.10 Å². The SMILES string of the molecule is Cc1cc(C#N)cc(N(C)CC(O)COCc2ccccc2)n1. The molecule has 5 nitrogen and oxygen atoms in total. The Morgan fingerprint density at radius 2 is 2.04 bits per heavy atom. The maximum atomic E-state index is 10.1. The molecule has 0 spiro atoms. The summed E-state index contributed by atoms with van der Waals surface area (Å²) in [5.74, 6) is 0.670. The predicted octanol–water partition coefficient (Wildman–Crippen LogP) is 2.28. The summed E-state index contributed by atoms with van der Waals surface area (Å²) in [6, 6.07) is 15.4. The van der Waals surface area contributed by atoms with Gasteiger partial charge in [-0.3, -0.25) is 0 Å². The monoisotopic (exact) mass is 311 g/mol. The highest BCUT2D eigenvalue weighted by molar-refractivity contribution is 5.46. The number of nitrogens with zero attached hydrogens (tertiary/aromatic N) is 3. The molecule has 0 amide bonds. The third-order valence-electron chi connectivity index (χ3n) is 3.37. The number of benzene rings is 1. The summed E-state index contributed by atoms with van der Waals surface area (Å²) in [4.78, 5) is 6.21. The normalized spacial score (nSPS) is 11.7. The van der Waals surface area contributed by atoms with Crippen LogP contribution in [0.25, 0.3) is 0 Å². The molecule has 5 heteroatoms. The lowest BCUT2D eigenvalue weighted by atomic mass is 10.2. The molecule has 0 bridgehead atoms. The Hall–Kier alpha value is -2.42. The largest absolute Gasteiger partial charge is 0.389 e. The second-order valence-electron chi connectivity index (χ2n) is 5.50. The van der Waals surface area contributed by atoms with E-state index in [4.69, 9.17) is 10.00 Å².